The molecule has 0 unspecified atom stereocenters. The van der Waals surface area contributed by atoms with Gasteiger partial charge in [-0.15, -0.1) is 13.2 Å². The van der Waals surface area contributed by atoms with Crippen LogP contribution in [0.5, 0.6) is 5.75 Å². The molecule has 0 radical (unpaired) electrons. The number of hydrogen-bond acceptors (Lipinski definition) is 3. The van der Waals surface area contributed by atoms with Gasteiger partial charge in [0.1, 0.15) is 5.75 Å². The Kier molecular flexibility index (Phi) is 6.07. The van der Waals surface area contributed by atoms with Crippen LogP contribution in [0, 0.1) is 0 Å². The minimum absolute atomic E-state index is 0.0432. The molecule has 1 aromatic heterocycles. The first kappa shape index (κ1) is 22.1. The summed E-state index contributed by atoms with van der Waals surface area (Å²) in [5, 5.41) is 6.27. The van der Waals surface area contributed by atoms with E-state index in [1.807, 2.05) is 4.90 Å². The molecule has 1 saturated heterocycles. The molecular formula is C21H26F3N5O3. The smallest absolute Gasteiger partial charge is 0.406 e. The van der Waals surface area contributed by atoms with Gasteiger partial charge in [-0.2, -0.15) is 0 Å². The number of likely N-dealkylation sites (tertiary alicyclic amines) is 1. The van der Waals surface area contributed by atoms with Crippen LogP contribution in [0.3, 0.4) is 0 Å². The molecule has 1 atom stereocenters. The lowest BCUT2D eigenvalue weighted by molar-refractivity contribution is -0.274. The normalized spacial score (nSPS) is 19.0. The van der Waals surface area contributed by atoms with Gasteiger partial charge in [0, 0.05) is 43.5 Å². The van der Waals surface area contributed by atoms with E-state index in [4.69, 9.17) is 0 Å². The Hall–Kier alpha value is -3.11. The number of piperidine rings is 1. The number of fused-ring (bicyclic) bond motifs is 1. The standard InChI is InChI=1S/C21H26F3N5O3/c1-25-19(30)28-8-2-3-16(12-28)29(15-5-6-15)20(31)26-11-14-9-13-4-7-17(10-18(13)27-14)32-21(22,23)24/h4,7,9-10,15-16,27H,2-3,5-6,8,11-12H2,1H3,(H,25,30)(H,26,31)/t16-/m1/s1. The number of alkyl halides is 3. The Morgan fingerprint density at radius 2 is 2.00 bits per heavy atom. The highest BCUT2D eigenvalue weighted by Gasteiger charge is 2.39. The lowest BCUT2D eigenvalue weighted by Crippen LogP contribution is -2.56. The molecule has 8 nitrogen and oxygen atoms in total. The summed E-state index contributed by atoms with van der Waals surface area (Å²) in [7, 11) is 1.59. The summed E-state index contributed by atoms with van der Waals surface area (Å²) < 4.78 is 41.3. The number of nitrogens with zero attached hydrogens (tertiary/aromatic N) is 2. The summed E-state index contributed by atoms with van der Waals surface area (Å²) in [4.78, 5) is 31.6. The first-order chi connectivity index (χ1) is 15.2. The second-order valence-electron chi connectivity index (χ2n) is 8.19. The van der Waals surface area contributed by atoms with E-state index in [2.05, 4.69) is 20.4 Å². The van der Waals surface area contributed by atoms with Crippen molar-refractivity contribution in [3.05, 3.63) is 30.0 Å². The summed E-state index contributed by atoms with van der Waals surface area (Å²) in [5.74, 6) is -0.305. The van der Waals surface area contributed by atoms with Crippen LogP contribution in [0.15, 0.2) is 24.3 Å². The van der Waals surface area contributed by atoms with Gasteiger partial charge in [0.15, 0.2) is 0 Å². The van der Waals surface area contributed by atoms with Gasteiger partial charge in [-0.05, 0) is 49.3 Å². The summed E-state index contributed by atoms with van der Waals surface area (Å²) >= 11 is 0. The highest BCUT2D eigenvalue weighted by atomic mass is 19.4. The third-order valence-corrected chi connectivity index (χ3v) is 5.78. The predicted molar refractivity (Wildman–Crippen MR) is 111 cm³/mol. The van der Waals surface area contributed by atoms with Crippen LogP contribution in [0.25, 0.3) is 10.9 Å². The molecule has 2 heterocycles. The van der Waals surface area contributed by atoms with E-state index in [9.17, 15) is 22.8 Å². The molecule has 0 bridgehead atoms. The van der Waals surface area contributed by atoms with Crippen LogP contribution >= 0.6 is 0 Å². The molecule has 174 valence electrons. The number of aromatic nitrogens is 1. The molecule has 4 amide bonds. The minimum atomic E-state index is -4.75. The van der Waals surface area contributed by atoms with E-state index in [-0.39, 0.29) is 36.4 Å². The van der Waals surface area contributed by atoms with Crippen molar-refractivity contribution in [2.45, 2.75) is 50.7 Å². The van der Waals surface area contributed by atoms with E-state index in [0.717, 1.165) is 31.1 Å². The van der Waals surface area contributed by atoms with Gasteiger partial charge in [-0.3, -0.25) is 0 Å². The summed E-state index contributed by atoms with van der Waals surface area (Å²) in [6, 6.07) is 5.64. The maximum atomic E-state index is 13.0. The number of hydrogen-bond donors (Lipinski definition) is 3. The van der Waals surface area contributed by atoms with Crippen LogP contribution in [-0.4, -0.2) is 65.4 Å². The molecule has 1 aromatic carbocycles. The van der Waals surface area contributed by atoms with Gasteiger partial charge < -0.3 is 30.2 Å². The second-order valence-corrected chi connectivity index (χ2v) is 8.19. The maximum absolute atomic E-state index is 13.0. The highest BCUT2D eigenvalue weighted by molar-refractivity contribution is 5.82. The lowest BCUT2D eigenvalue weighted by atomic mass is 10.0. The van der Waals surface area contributed by atoms with E-state index in [0.29, 0.717) is 24.3 Å². The monoisotopic (exact) mass is 453 g/mol. The summed E-state index contributed by atoms with van der Waals surface area (Å²) in [5.41, 5.74) is 1.16. The van der Waals surface area contributed by atoms with E-state index >= 15 is 0 Å². The molecule has 1 aliphatic carbocycles. The number of aromatic amines is 1. The fraction of sp³-hybridized carbons (Fsp3) is 0.524. The molecule has 1 saturated carbocycles. The topological polar surface area (TPSA) is 89.7 Å². The Balaban J connectivity index is 1.40. The molecule has 0 spiro atoms. The maximum Gasteiger partial charge on any atom is 0.573 e. The van der Waals surface area contributed by atoms with Crippen molar-refractivity contribution in [1.29, 1.82) is 0 Å². The molecule has 4 rings (SSSR count). The van der Waals surface area contributed by atoms with Crippen molar-refractivity contribution in [3.63, 3.8) is 0 Å². The molecule has 32 heavy (non-hydrogen) atoms. The summed E-state index contributed by atoms with van der Waals surface area (Å²) in [6.45, 7) is 1.38. The number of urea groups is 2. The van der Waals surface area contributed by atoms with Crippen LogP contribution in [0.4, 0.5) is 22.8 Å². The Labute approximate surface area is 183 Å². The Morgan fingerprint density at radius 3 is 2.69 bits per heavy atom. The van der Waals surface area contributed by atoms with Crippen LogP contribution in [0.1, 0.15) is 31.4 Å². The SMILES string of the molecule is CNC(=O)N1CCC[C@@H](N(C(=O)NCc2cc3ccc(OC(F)(F)F)cc3[nH]2)C2CC2)C1. The van der Waals surface area contributed by atoms with Crippen molar-refractivity contribution in [2.24, 2.45) is 0 Å². The zero-order valence-electron chi connectivity index (χ0n) is 17.7. The van der Waals surface area contributed by atoms with Gasteiger partial charge in [0.2, 0.25) is 0 Å². The van der Waals surface area contributed by atoms with Crippen molar-refractivity contribution in [3.8, 4) is 5.75 Å². The number of rotatable bonds is 5. The fourth-order valence-electron chi connectivity index (χ4n) is 4.23. The molecule has 2 fully saturated rings. The Bertz CT molecular complexity index is 989. The molecular weight excluding hydrogens is 427 g/mol. The molecule has 1 aliphatic heterocycles. The predicted octanol–water partition coefficient (Wildman–Crippen LogP) is 3.54. The van der Waals surface area contributed by atoms with Gasteiger partial charge in [0.05, 0.1) is 12.6 Å². The van der Waals surface area contributed by atoms with Crippen molar-refractivity contribution < 1.29 is 27.5 Å². The van der Waals surface area contributed by atoms with Gasteiger partial charge in [-0.1, -0.05) is 0 Å². The lowest BCUT2D eigenvalue weighted by Gasteiger charge is -2.39. The summed E-state index contributed by atoms with van der Waals surface area (Å²) in [6.07, 6.45) is -1.20. The molecule has 3 N–H and O–H groups in total. The molecule has 2 aromatic rings. The molecule has 2 aliphatic rings. The number of ether oxygens (including phenoxy) is 1. The number of amides is 4. The van der Waals surface area contributed by atoms with E-state index in [1.54, 1.807) is 18.0 Å². The zero-order chi connectivity index (χ0) is 22.9. The largest absolute Gasteiger partial charge is 0.573 e. The third kappa shape index (κ3) is 5.20. The molecule has 11 heteroatoms. The van der Waals surface area contributed by atoms with Gasteiger partial charge >= 0.3 is 18.4 Å². The first-order valence-electron chi connectivity index (χ1n) is 10.6. The van der Waals surface area contributed by atoms with Crippen molar-refractivity contribution >= 4 is 23.0 Å². The first-order valence-corrected chi connectivity index (χ1v) is 10.6. The number of benzene rings is 1. The quantitative estimate of drug-likeness (QED) is 0.647. The van der Waals surface area contributed by atoms with Crippen LogP contribution in [-0.2, 0) is 6.54 Å². The minimum Gasteiger partial charge on any atom is -0.406 e. The second kappa shape index (κ2) is 8.79. The number of halogens is 3. The highest BCUT2D eigenvalue weighted by Crippen LogP contribution is 2.32. The zero-order valence-corrected chi connectivity index (χ0v) is 17.7. The number of carbonyl (C=O) groups is 2. The van der Waals surface area contributed by atoms with E-state index in [1.165, 1.54) is 18.2 Å². The average molecular weight is 453 g/mol. The van der Waals surface area contributed by atoms with E-state index < -0.39 is 6.36 Å². The van der Waals surface area contributed by atoms with Crippen LogP contribution < -0.4 is 15.4 Å². The fourth-order valence-corrected chi connectivity index (χ4v) is 4.23. The van der Waals surface area contributed by atoms with Gasteiger partial charge in [-0.25, -0.2) is 9.59 Å². The van der Waals surface area contributed by atoms with Crippen LogP contribution in [0.2, 0.25) is 0 Å². The average Bonchev–Trinajstić information content (AvgIpc) is 3.49. The van der Waals surface area contributed by atoms with Gasteiger partial charge in [0.25, 0.3) is 0 Å². The van der Waals surface area contributed by atoms with Crippen molar-refractivity contribution in [2.75, 3.05) is 20.1 Å². The third-order valence-electron chi connectivity index (χ3n) is 5.78. The number of H-pyrrole nitrogens is 1. The van der Waals surface area contributed by atoms with Crippen molar-refractivity contribution in [1.82, 2.24) is 25.4 Å². The Morgan fingerprint density at radius 1 is 1.22 bits per heavy atom. The number of nitrogens with one attached hydrogen (secondary N) is 3. The number of carbonyl (C=O) groups excluding carboxylic acids is 2.